The summed E-state index contributed by atoms with van der Waals surface area (Å²) in [5.74, 6) is -0.839. The molecular formula is C19H31N3O6. The Kier molecular flexibility index (Phi) is 9.38. The minimum absolute atomic E-state index is 0.175. The fraction of sp³-hybridized carbons (Fsp3) is 0.737. The van der Waals surface area contributed by atoms with E-state index in [0.29, 0.717) is 17.6 Å². The standard InChI is InChI=1S/C19H31N3O6/c1-6-13-14(19(26)27-7-2)8-15(21-9-20)16(22-12(5)25)18(13)28-17(10(3)23)11(4)24/h10-11,15-18,21,23-24H,6-8H2,1-5H3,(H,22,25)/t10?,11?,15-,16+,17?,18+/m0/s1. The van der Waals surface area contributed by atoms with E-state index in [1.54, 1.807) is 6.92 Å². The second-order valence-corrected chi connectivity index (χ2v) is 6.87. The lowest BCUT2D eigenvalue weighted by atomic mass is 9.80. The highest BCUT2D eigenvalue weighted by Gasteiger charge is 2.43. The van der Waals surface area contributed by atoms with Gasteiger partial charge in [-0.2, -0.15) is 5.26 Å². The first-order valence-corrected chi connectivity index (χ1v) is 9.50. The van der Waals surface area contributed by atoms with Gasteiger partial charge in [-0.15, -0.1) is 0 Å². The third kappa shape index (κ3) is 5.92. The lowest BCUT2D eigenvalue weighted by Gasteiger charge is -2.42. The lowest BCUT2D eigenvalue weighted by Crippen LogP contribution is -2.60. The van der Waals surface area contributed by atoms with Crippen molar-refractivity contribution in [3.05, 3.63) is 11.1 Å². The van der Waals surface area contributed by atoms with Gasteiger partial charge in [-0.1, -0.05) is 6.92 Å². The van der Waals surface area contributed by atoms with Crippen LogP contribution in [0.1, 0.15) is 47.5 Å². The van der Waals surface area contributed by atoms with Gasteiger partial charge in [0, 0.05) is 18.9 Å². The second kappa shape index (κ2) is 11.0. The number of ether oxygens (including phenoxy) is 2. The van der Waals surface area contributed by atoms with Crippen LogP contribution in [0.15, 0.2) is 11.1 Å². The van der Waals surface area contributed by atoms with Crippen LogP contribution in [0.25, 0.3) is 0 Å². The molecular weight excluding hydrogens is 366 g/mol. The molecule has 1 aliphatic rings. The van der Waals surface area contributed by atoms with Crippen molar-refractivity contribution in [3.8, 4) is 6.19 Å². The number of nitrogens with zero attached hydrogens (tertiary/aromatic N) is 1. The van der Waals surface area contributed by atoms with Gasteiger partial charge in [-0.05, 0) is 32.8 Å². The first kappa shape index (κ1) is 23.9. The number of rotatable bonds is 9. The molecule has 158 valence electrons. The molecule has 9 heteroatoms. The number of carbonyl (C=O) groups is 2. The van der Waals surface area contributed by atoms with Gasteiger partial charge in [-0.25, -0.2) is 4.79 Å². The topological polar surface area (TPSA) is 141 Å². The number of hydrogen-bond donors (Lipinski definition) is 4. The number of carbonyl (C=O) groups excluding carboxylic acids is 2. The second-order valence-electron chi connectivity index (χ2n) is 6.87. The molecule has 1 rings (SSSR count). The smallest absolute Gasteiger partial charge is 0.334 e. The highest BCUT2D eigenvalue weighted by atomic mass is 16.5. The van der Waals surface area contributed by atoms with Crippen molar-refractivity contribution < 1.29 is 29.3 Å². The Bertz CT molecular complexity index is 618. The Balaban J connectivity index is 3.48. The molecule has 0 aliphatic heterocycles. The van der Waals surface area contributed by atoms with Crippen LogP contribution in [-0.2, 0) is 19.1 Å². The van der Waals surface area contributed by atoms with Crippen LogP contribution in [-0.4, -0.2) is 65.2 Å². The summed E-state index contributed by atoms with van der Waals surface area (Å²) in [6.07, 6.45) is -1.31. The van der Waals surface area contributed by atoms with E-state index in [2.05, 4.69) is 10.6 Å². The van der Waals surface area contributed by atoms with E-state index in [-0.39, 0.29) is 18.9 Å². The normalized spacial score (nSPS) is 25.3. The van der Waals surface area contributed by atoms with Crippen molar-refractivity contribution in [2.75, 3.05) is 6.61 Å². The van der Waals surface area contributed by atoms with Crippen molar-refractivity contribution >= 4 is 11.9 Å². The molecule has 0 bridgehead atoms. The van der Waals surface area contributed by atoms with Crippen LogP contribution in [0, 0.1) is 11.5 Å². The van der Waals surface area contributed by atoms with Crippen LogP contribution >= 0.6 is 0 Å². The van der Waals surface area contributed by atoms with Crippen LogP contribution < -0.4 is 10.6 Å². The zero-order chi connectivity index (χ0) is 21.4. The molecule has 0 aromatic rings. The van der Waals surface area contributed by atoms with Crippen molar-refractivity contribution in [1.29, 1.82) is 5.26 Å². The minimum atomic E-state index is -0.994. The Morgan fingerprint density at radius 2 is 1.89 bits per heavy atom. The van der Waals surface area contributed by atoms with Crippen LogP contribution in [0.2, 0.25) is 0 Å². The molecule has 28 heavy (non-hydrogen) atoms. The molecule has 9 nitrogen and oxygen atoms in total. The van der Waals surface area contributed by atoms with Crippen molar-refractivity contribution in [2.45, 2.75) is 84.0 Å². The molecule has 0 saturated heterocycles. The largest absolute Gasteiger partial charge is 0.463 e. The molecule has 0 aromatic carbocycles. The summed E-state index contributed by atoms with van der Waals surface area (Å²) in [4.78, 5) is 24.3. The Morgan fingerprint density at radius 1 is 1.29 bits per heavy atom. The van der Waals surface area contributed by atoms with Crippen molar-refractivity contribution in [1.82, 2.24) is 10.6 Å². The molecule has 0 radical (unpaired) electrons. The zero-order valence-corrected chi connectivity index (χ0v) is 17.1. The molecule has 0 fully saturated rings. The number of nitrogens with one attached hydrogen (secondary N) is 2. The Morgan fingerprint density at radius 3 is 2.32 bits per heavy atom. The van der Waals surface area contributed by atoms with Crippen molar-refractivity contribution in [2.24, 2.45) is 0 Å². The highest BCUT2D eigenvalue weighted by molar-refractivity contribution is 5.90. The van der Waals surface area contributed by atoms with Crippen LogP contribution in [0.4, 0.5) is 0 Å². The Hall–Kier alpha value is -2.15. The number of amides is 1. The third-order valence-corrected chi connectivity index (χ3v) is 4.69. The third-order valence-electron chi connectivity index (χ3n) is 4.69. The van der Waals surface area contributed by atoms with Gasteiger partial charge >= 0.3 is 5.97 Å². The number of esters is 1. The van der Waals surface area contributed by atoms with E-state index >= 15 is 0 Å². The quantitative estimate of drug-likeness (QED) is 0.244. The Labute approximate surface area is 165 Å². The van der Waals surface area contributed by atoms with E-state index in [1.807, 2.05) is 13.1 Å². The lowest BCUT2D eigenvalue weighted by molar-refractivity contribution is -0.140. The predicted octanol–water partition coefficient (Wildman–Crippen LogP) is 0.119. The van der Waals surface area contributed by atoms with E-state index in [9.17, 15) is 19.8 Å². The van der Waals surface area contributed by atoms with Crippen molar-refractivity contribution in [3.63, 3.8) is 0 Å². The molecule has 0 saturated carbocycles. The van der Waals surface area contributed by atoms with E-state index in [1.165, 1.54) is 20.8 Å². The summed E-state index contributed by atoms with van der Waals surface area (Å²) >= 11 is 0. The average molecular weight is 397 g/mol. The maximum absolute atomic E-state index is 12.5. The van der Waals surface area contributed by atoms with Gasteiger partial charge in [0.25, 0.3) is 0 Å². The van der Waals surface area contributed by atoms with Gasteiger partial charge < -0.3 is 30.3 Å². The summed E-state index contributed by atoms with van der Waals surface area (Å²) < 4.78 is 11.2. The van der Waals surface area contributed by atoms with E-state index in [4.69, 9.17) is 14.7 Å². The highest BCUT2D eigenvalue weighted by Crippen LogP contribution is 2.33. The summed E-state index contributed by atoms with van der Waals surface area (Å²) in [5.41, 5.74) is 0.984. The van der Waals surface area contributed by atoms with Gasteiger partial charge in [0.05, 0.1) is 30.9 Å². The van der Waals surface area contributed by atoms with E-state index in [0.717, 1.165) is 0 Å². The molecule has 5 atom stereocenters. The maximum Gasteiger partial charge on any atom is 0.334 e. The molecule has 4 N–H and O–H groups in total. The molecule has 0 heterocycles. The van der Waals surface area contributed by atoms with Crippen LogP contribution in [0.5, 0.6) is 0 Å². The number of nitriles is 1. The number of aliphatic hydroxyl groups excluding tert-OH is 2. The van der Waals surface area contributed by atoms with E-state index < -0.39 is 42.5 Å². The first-order chi connectivity index (χ1) is 13.2. The number of hydrogen-bond acceptors (Lipinski definition) is 8. The van der Waals surface area contributed by atoms with Crippen LogP contribution in [0.3, 0.4) is 0 Å². The van der Waals surface area contributed by atoms with Gasteiger partial charge in [-0.3, -0.25) is 4.79 Å². The molecule has 2 unspecified atom stereocenters. The summed E-state index contributed by atoms with van der Waals surface area (Å²) in [7, 11) is 0. The number of aliphatic hydroxyl groups is 2. The summed E-state index contributed by atoms with van der Waals surface area (Å²) in [6, 6.07) is -1.29. The van der Waals surface area contributed by atoms with Gasteiger partial charge in [0.15, 0.2) is 6.19 Å². The van der Waals surface area contributed by atoms with Gasteiger partial charge in [0.1, 0.15) is 12.2 Å². The summed E-state index contributed by atoms with van der Waals surface area (Å²) in [6.45, 7) is 8.05. The average Bonchev–Trinajstić information content (AvgIpc) is 2.60. The fourth-order valence-electron chi connectivity index (χ4n) is 3.53. The SMILES string of the molecule is CCOC(=O)C1=C(CC)[C@@H](OC(C(C)O)C(C)O)[C@H](NC(C)=O)[C@@H](NC#N)C1. The molecule has 1 aliphatic carbocycles. The fourth-order valence-corrected chi connectivity index (χ4v) is 3.53. The maximum atomic E-state index is 12.5. The minimum Gasteiger partial charge on any atom is -0.463 e. The van der Waals surface area contributed by atoms with Gasteiger partial charge in [0.2, 0.25) is 5.91 Å². The monoisotopic (exact) mass is 397 g/mol. The molecule has 1 amide bonds. The summed E-state index contributed by atoms with van der Waals surface area (Å²) in [5, 5.41) is 34.6. The predicted molar refractivity (Wildman–Crippen MR) is 101 cm³/mol. The molecule has 0 spiro atoms. The molecule has 0 aromatic heterocycles. The first-order valence-electron chi connectivity index (χ1n) is 9.50. The zero-order valence-electron chi connectivity index (χ0n) is 17.1.